The first kappa shape index (κ1) is 10.4. The molecule has 3 heterocycles. The Morgan fingerprint density at radius 3 is 2.76 bits per heavy atom. The van der Waals surface area contributed by atoms with Crippen molar-refractivity contribution in [2.45, 2.75) is 0 Å². The highest BCUT2D eigenvalue weighted by molar-refractivity contribution is 7.15. The van der Waals surface area contributed by atoms with Crippen LogP contribution in [0.15, 0.2) is 35.3 Å². The number of aromatic nitrogens is 3. The molecule has 3 aromatic rings. The number of nitrogen functional groups attached to an aromatic ring is 1. The van der Waals surface area contributed by atoms with Gasteiger partial charge in [-0.1, -0.05) is 0 Å². The molecule has 0 unspecified atom stereocenters. The second kappa shape index (κ2) is 4.23. The fraction of sp³-hybridized carbons (Fsp3) is 0. The maximum atomic E-state index is 5.82. The highest BCUT2D eigenvalue weighted by Gasteiger charge is 2.10. The number of hydrogen-bond donors (Lipinski definition) is 1. The fourth-order valence-electron chi connectivity index (χ4n) is 1.44. The number of hydrogen-bond acceptors (Lipinski definition) is 6. The quantitative estimate of drug-likeness (QED) is 0.769. The van der Waals surface area contributed by atoms with Gasteiger partial charge < -0.3 is 5.73 Å². The number of pyridine rings is 1. The second-order valence-electron chi connectivity index (χ2n) is 3.31. The smallest absolute Gasteiger partial charge is 0.142 e. The molecular formula is C11H8N4S2. The van der Waals surface area contributed by atoms with E-state index in [1.807, 2.05) is 22.9 Å². The Morgan fingerprint density at radius 2 is 2.00 bits per heavy atom. The maximum absolute atomic E-state index is 5.82. The third-order valence-electron chi connectivity index (χ3n) is 2.22. The van der Waals surface area contributed by atoms with E-state index in [1.54, 1.807) is 35.1 Å². The molecule has 0 atom stereocenters. The Labute approximate surface area is 106 Å². The summed E-state index contributed by atoms with van der Waals surface area (Å²) in [4.78, 5) is 12.8. The Bertz CT molecular complexity index is 630. The summed E-state index contributed by atoms with van der Waals surface area (Å²) < 4.78 is 0. The predicted molar refractivity (Wildman–Crippen MR) is 70.9 cm³/mol. The molecule has 3 rings (SSSR count). The van der Waals surface area contributed by atoms with Crippen molar-refractivity contribution in [2.75, 3.05) is 5.73 Å². The van der Waals surface area contributed by atoms with Crippen LogP contribution in [0.2, 0.25) is 0 Å². The lowest BCUT2D eigenvalue weighted by Crippen LogP contribution is -1.92. The van der Waals surface area contributed by atoms with E-state index in [0.29, 0.717) is 5.82 Å². The molecule has 0 aliphatic carbocycles. The first-order valence-electron chi connectivity index (χ1n) is 4.91. The summed E-state index contributed by atoms with van der Waals surface area (Å²) in [6, 6.07) is 3.78. The topological polar surface area (TPSA) is 64.7 Å². The molecular weight excluding hydrogens is 252 g/mol. The number of thiazole rings is 2. The standard InChI is InChI=1S/C11H8N4S2/c12-9-7(2-1-3-13-9)10-15-8(6-17-10)11-14-4-5-16-11/h1-6H,(H2,12,13). The first-order valence-corrected chi connectivity index (χ1v) is 6.67. The van der Waals surface area contributed by atoms with Gasteiger partial charge in [0.1, 0.15) is 21.5 Å². The summed E-state index contributed by atoms with van der Waals surface area (Å²) >= 11 is 3.13. The zero-order valence-corrected chi connectivity index (χ0v) is 10.3. The lowest BCUT2D eigenvalue weighted by atomic mass is 10.3. The van der Waals surface area contributed by atoms with Crippen molar-refractivity contribution in [1.29, 1.82) is 0 Å². The van der Waals surface area contributed by atoms with Crippen molar-refractivity contribution in [3.63, 3.8) is 0 Å². The van der Waals surface area contributed by atoms with E-state index in [2.05, 4.69) is 15.0 Å². The van der Waals surface area contributed by atoms with Gasteiger partial charge in [0, 0.05) is 23.2 Å². The van der Waals surface area contributed by atoms with Gasteiger partial charge in [-0.05, 0) is 12.1 Å². The molecule has 84 valence electrons. The van der Waals surface area contributed by atoms with Crippen LogP contribution in [-0.4, -0.2) is 15.0 Å². The molecule has 2 N–H and O–H groups in total. The van der Waals surface area contributed by atoms with Crippen molar-refractivity contribution >= 4 is 28.5 Å². The molecule has 3 aromatic heterocycles. The molecule has 0 aromatic carbocycles. The molecule has 0 radical (unpaired) electrons. The van der Waals surface area contributed by atoms with E-state index in [0.717, 1.165) is 21.3 Å². The summed E-state index contributed by atoms with van der Waals surface area (Å²) in [6.45, 7) is 0. The molecule has 0 amide bonds. The van der Waals surface area contributed by atoms with Crippen molar-refractivity contribution < 1.29 is 0 Å². The SMILES string of the molecule is Nc1ncccc1-c1nc(-c2nccs2)cs1. The highest BCUT2D eigenvalue weighted by atomic mass is 32.1. The minimum absolute atomic E-state index is 0.507. The minimum Gasteiger partial charge on any atom is -0.383 e. The van der Waals surface area contributed by atoms with Crippen LogP contribution in [0.1, 0.15) is 0 Å². The van der Waals surface area contributed by atoms with E-state index < -0.39 is 0 Å². The van der Waals surface area contributed by atoms with Crippen LogP contribution in [0.5, 0.6) is 0 Å². The minimum atomic E-state index is 0.507. The van der Waals surface area contributed by atoms with Gasteiger partial charge in [-0.3, -0.25) is 0 Å². The number of rotatable bonds is 2. The molecule has 4 nitrogen and oxygen atoms in total. The van der Waals surface area contributed by atoms with E-state index in [1.165, 1.54) is 0 Å². The molecule has 0 saturated carbocycles. The third-order valence-corrected chi connectivity index (χ3v) is 3.90. The lowest BCUT2D eigenvalue weighted by Gasteiger charge is -1.98. The highest BCUT2D eigenvalue weighted by Crippen LogP contribution is 2.31. The van der Waals surface area contributed by atoms with Crippen LogP contribution in [0.4, 0.5) is 5.82 Å². The summed E-state index contributed by atoms with van der Waals surface area (Å²) in [5.74, 6) is 0.507. The van der Waals surface area contributed by atoms with Crippen LogP contribution in [0, 0.1) is 0 Å². The van der Waals surface area contributed by atoms with E-state index in [-0.39, 0.29) is 0 Å². The summed E-state index contributed by atoms with van der Waals surface area (Å²) in [6.07, 6.45) is 3.45. The fourth-order valence-corrected chi connectivity index (χ4v) is 2.95. The Morgan fingerprint density at radius 1 is 1.06 bits per heavy atom. The van der Waals surface area contributed by atoms with Gasteiger partial charge in [-0.25, -0.2) is 15.0 Å². The zero-order valence-electron chi connectivity index (χ0n) is 8.70. The van der Waals surface area contributed by atoms with Crippen molar-refractivity contribution in [2.24, 2.45) is 0 Å². The molecule has 0 fully saturated rings. The summed E-state index contributed by atoms with van der Waals surface area (Å²) in [7, 11) is 0. The number of nitrogens with two attached hydrogens (primary N) is 1. The van der Waals surface area contributed by atoms with Gasteiger partial charge in [0.15, 0.2) is 0 Å². The van der Waals surface area contributed by atoms with Crippen molar-refractivity contribution in [3.05, 3.63) is 35.3 Å². The van der Waals surface area contributed by atoms with Crippen LogP contribution in [0.25, 0.3) is 21.3 Å². The zero-order chi connectivity index (χ0) is 11.7. The van der Waals surface area contributed by atoms with Gasteiger partial charge in [-0.15, -0.1) is 22.7 Å². The van der Waals surface area contributed by atoms with Crippen LogP contribution in [0.3, 0.4) is 0 Å². The van der Waals surface area contributed by atoms with Crippen LogP contribution >= 0.6 is 22.7 Å². The van der Waals surface area contributed by atoms with Gasteiger partial charge in [-0.2, -0.15) is 0 Å². The maximum Gasteiger partial charge on any atom is 0.142 e. The molecule has 17 heavy (non-hydrogen) atoms. The van der Waals surface area contributed by atoms with E-state index in [9.17, 15) is 0 Å². The van der Waals surface area contributed by atoms with Crippen molar-refractivity contribution in [3.8, 4) is 21.3 Å². The van der Waals surface area contributed by atoms with E-state index >= 15 is 0 Å². The average molecular weight is 260 g/mol. The summed E-state index contributed by atoms with van der Waals surface area (Å²) in [5, 5.41) is 5.73. The monoisotopic (exact) mass is 260 g/mol. The first-order chi connectivity index (χ1) is 8.34. The van der Waals surface area contributed by atoms with E-state index in [4.69, 9.17) is 5.73 Å². The average Bonchev–Trinajstić information content (AvgIpc) is 3.00. The number of anilines is 1. The van der Waals surface area contributed by atoms with Gasteiger partial charge in [0.2, 0.25) is 0 Å². The molecule has 0 bridgehead atoms. The molecule has 0 aliphatic heterocycles. The normalized spacial score (nSPS) is 10.6. The Kier molecular flexibility index (Phi) is 2.58. The molecule has 0 spiro atoms. The van der Waals surface area contributed by atoms with Crippen LogP contribution in [-0.2, 0) is 0 Å². The molecule has 6 heteroatoms. The van der Waals surface area contributed by atoms with Crippen molar-refractivity contribution in [1.82, 2.24) is 15.0 Å². The molecule has 0 aliphatic rings. The Hall–Kier alpha value is -1.79. The second-order valence-corrected chi connectivity index (χ2v) is 5.06. The van der Waals surface area contributed by atoms with Gasteiger partial charge in [0.25, 0.3) is 0 Å². The third kappa shape index (κ3) is 1.92. The lowest BCUT2D eigenvalue weighted by molar-refractivity contribution is 1.31. The molecule has 0 saturated heterocycles. The van der Waals surface area contributed by atoms with Crippen LogP contribution < -0.4 is 5.73 Å². The van der Waals surface area contributed by atoms with Gasteiger partial charge >= 0.3 is 0 Å². The Balaban J connectivity index is 2.04. The predicted octanol–water partition coefficient (Wildman–Crippen LogP) is 2.91. The van der Waals surface area contributed by atoms with Gasteiger partial charge in [0.05, 0.1) is 5.56 Å². The summed E-state index contributed by atoms with van der Waals surface area (Å²) in [5.41, 5.74) is 7.59. The number of nitrogens with zero attached hydrogens (tertiary/aromatic N) is 3. The largest absolute Gasteiger partial charge is 0.383 e.